The number of guanidine groups is 2. The van der Waals surface area contributed by atoms with E-state index in [1.165, 1.54) is 0 Å². The molecule has 1 spiro atoms. The Bertz CT molecular complexity index is 807. The van der Waals surface area contributed by atoms with Gasteiger partial charge in [0.1, 0.15) is 5.66 Å². The summed E-state index contributed by atoms with van der Waals surface area (Å²) in [5.41, 5.74) is 9.29. The number of nitro benzene ring substituents is 1. The Morgan fingerprint density at radius 1 is 1.24 bits per heavy atom. The summed E-state index contributed by atoms with van der Waals surface area (Å²) in [6, 6.07) is 0.902. The molecule has 25 heavy (non-hydrogen) atoms. The van der Waals surface area contributed by atoms with Crippen molar-refractivity contribution in [2.24, 2.45) is 21.5 Å². The molecule has 1 aromatic carbocycles. The van der Waals surface area contributed by atoms with Gasteiger partial charge < -0.3 is 11.5 Å². The monoisotopic (exact) mass is 416 g/mol. The van der Waals surface area contributed by atoms with E-state index in [1.54, 1.807) is 0 Å². The minimum Gasteiger partial charge on any atom is -0.369 e. The van der Waals surface area contributed by atoms with Crippen molar-refractivity contribution in [3.8, 4) is 0 Å². The lowest BCUT2D eigenvalue weighted by molar-refractivity contribution is -0.384. The summed E-state index contributed by atoms with van der Waals surface area (Å²) < 4.78 is 28.5. The van der Waals surface area contributed by atoms with Gasteiger partial charge in [0, 0.05) is 6.07 Å². The number of nitro groups is 1. The zero-order valence-electron chi connectivity index (χ0n) is 13.0. The van der Waals surface area contributed by atoms with Crippen LogP contribution in [0.1, 0.15) is 32.1 Å². The van der Waals surface area contributed by atoms with Crippen LogP contribution in [0.3, 0.4) is 0 Å². The number of rotatable bonds is 2. The lowest BCUT2D eigenvalue weighted by Gasteiger charge is -2.45. The smallest absolute Gasteiger partial charge is 0.297 e. The van der Waals surface area contributed by atoms with Gasteiger partial charge in [-0.1, -0.05) is 6.42 Å². The fourth-order valence-corrected chi connectivity index (χ4v) is 3.76. The number of hydrogen-bond donors (Lipinski definition) is 2. The maximum atomic E-state index is 14.7. The van der Waals surface area contributed by atoms with Crippen molar-refractivity contribution >= 4 is 39.2 Å². The third kappa shape index (κ3) is 2.81. The zero-order chi connectivity index (χ0) is 18.4. The second-order valence-electron chi connectivity index (χ2n) is 5.93. The van der Waals surface area contributed by atoms with Gasteiger partial charge in [0.2, 0.25) is 11.9 Å². The number of nitrogens with two attached hydrogens (primary N) is 2. The van der Waals surface area contributed by atoms with E-state index in [0.29, 0.717) is 12.8 Å². The SMILES string of the molecule is NC1=NC2(CCCCC2)N(c2c([N+](=O)[O-])cc(Br)c(F)c2F)C(N)=N1. The van der Waals surface area contributed by atoms with E-state index < -0.39 is 33.6 Å². The second kappa shape index (κ2) is 6.21. The van der Waals surface area contributed by atoms with Crippen molar-refractivity contribution < 1.29 is 13.7 Å². The van der Waals surface area contributed by atoms with Crippen molar-refractivity contribution in [3.05, 3.63) is 32.3 Å². The van der Waals surface area contributed by atoms with E-state index in [1.807, 2.05) is 0 Å². The van der Waals surface area contributed by atoms with Crippen LogP contribution in [0.4, 0.5) is 20.2 Å². The predicted molar refractivity (Wildman–Crippen MR) is 92.3 cm³/mol. The maximum Gasteiger partial charge on any atom is 0.297 e. The van der Waals surface area contributed by atoms with Crippen molar-refractivity contribution in [1.82, 2.24) is 0 Å². The molecule has 134 valence electrons. The van der Waals surface area contributed by atoms with Gasteiger partial charge in [-0.15, -0.1) is 0 Å². The third-order valence-electron chi connectivity index (χ3n) is 4.39. The number of nitrogens with zero attached hydrogens (tertiary/aromatic N) is 4. The molecule has 1 aliphatic carbocycles. The quantitative estimate of drug-likeness (QED) is 0.435. The molecule has 0 unspecified atom stereocenters. The molecule has 4 N–H and O–H groups in total. The van der Waals surface area contributed by atoms with Crippen LogP contribution in [0.2, 0.25) is 0 Å². The van der Waals surface area contributed by atoms with E-state index in [2.05, 4.69) is 25.9 Å². The molecule has 0 atom stereocenters. The molecule has 0 saturated heterocycles. The molecule has 1 aromatic rings. The molecule has 1 saturated carbocycles. The Kier molecular flexibility index (Phi) is 4.35. The number of halogens is 3. The minimum absolute atomic E-state index is 0.0868. The van der Waals surface area contributed by atoms with Gasteiger partial charge in [0.05, 0.1) is 9.40 Å². The number of anilines is 1. The minimum atomic E-state index is -1.39. The van der Waals surface area contributed by atoms with Crippen LogP contribution in [0.15, 0.2) is 20.5 Å². The highest BCUT2D eigenvalue weighted by Gasteiger charge is 2.46. The third-order valence-corrected chi connectivity index (χ3v) is 4.97. The summed E-state index contributed by atoms with van der Waals surface area (Å²) in [5, 5.41) is 11.5. The van der Waals surface area contributed by atoms with Gasteiger partial charge in [-0.05, 0) is 41.6 Å². The zero-order valence-corrected chi connectivity index (χ0v) is 14.6. The summed E-state index contributed by atoms with van der Waals surface area (Å²) in [5.74, 6) is -2.98. The van der Waals surface area contributed by atoms with Crippen LogP contribution in [0.25, 0.3) is 0 Å². The van der Waals surface area contributed by atoms with Gasteiger partial charge >= 0.3 is 0 Å². The van der Waals surface area contributed by atoms with Gasteiger partial charge in [-0.3, -0.25) is 15.0 Å². The summed E-state index contributed by atoms with van der Waals surface area (Å²) in [4.78, 5) is 19.9. The van der Waals surface area contributed by atoms with E-state index in [4.69, 9.17) is 11.5 Å². The Morgan fingerprint density at radius 2 is 1.88 bits per heavy atom. The largest absolute Gasteiger partial charge is 0.369 e. The van der Waals surface area contributed by atoms with Crippen LogP contribution in [-0.2, 0) is 0 Å². The topological polar surface area (TPSA) is 123 Å². The number of aliphatic imine (C=N–C) groups is 2. The molecule has 1 heterocycles. The molecule has 2 aliphatic rings. The van der Waals surface area contributed by atoms with Crippen molar-refractivity contribution in [2.45, 2.75) is 37.8 Å². The molecule has 0 amide bonds. The first-order valence-electron chi connectivity index (χ1n) is 7.58. The molecule has 1 fully saturated rings. The first-order chi connectivity index (χ1) is 11.8. The molecule has 11 heteroatoms. The molecule has 0 bridgehead atoms. The van der Waals surface area contributed by atoms with Gasteiger partial charge in [0.25, 0.3) is 5.69 Å². The second-order valence-corrected chi connectivity index (χ2v) is 6.78. The van der Waals surface area contributed by atoms with Crippen molar-refractivity contribution in [3.63, 3.8) is 0 Å². The molecule has 0 radical (unpaired) electrons. The Hall–Kier alpha value is -2.30. The first kappa shape index (κ1) is 17.5. The molecule has 1 aliphatic heterocycles. The summed E-state index contributed by atoms with van der Waals surface area (Å²) in [6.45, 7) is 0. The first-order valence-corrected chi connectivity index (χ1v) is 8.38. The highest BCUT2D eigenvalue weighted by atomic mass is 79.9. The fraction of sp³-hybridized carbons (Fsp3) is 0.429. The molecular weight excluding hydrogens is 402 g/mol. The van der Waals surface area contributed by atoms with Gasteiger partial charge in [-0.25, -0.2) is 13.8 Å². The Labute approximate surface area is 149 Å². The van der Waals surface area contributed by atoms with Crippen LogP contribution < -0.4 is 16.4 Å². The highest BCUT2D eigenvalue weighted by Crippen LogP contribution is 2.45. The van der Waals surface area contributed by atoms with E-state index in [-0.39, 0.29) is 16.4 Å². The molecule has 0 aromatic heterocycles. The van der Waals surface area contributed by atoms with E-state index >= 15 is 0 Å². The predicted octanol–water partition coefficient (Wildman–Crippen LogP) is 2.75. The maximum absolute atomic E-state index is 14.7. The average molecular weight is 417 g/mol. The fourth-order valence-electron chi connectivity index (χ4n) is 3.37. The lowest BCUT2D eigenvalue weighted by Crippen LogP contribution is -2.58. The lowest BCUT2D eigenvalue weighted by atomic mass is 9.87. The average Bonchev–Trinajstić information content (AvgIpc) is 2.54. The van der Waals surface area contributed by atoms with E-state index in [9.17, 15) is 18.9 Å². The highest BCUT2D eigenvalue weighted by molar-refractivity contribution is 9.10. The number of hydrogen-bond acceptors (Lipinski definition) is 7. The van der Waals surface area contributed by atoms with Crippen LogP contribution in [0.5, 0.6) is 0 Å². The summed E-state index contributed by atoms with van der Waals surface area (Å²) in [7, 11) is 0. The Morgan fingerprint density at radius 3 is 2.48 bits per heavy atom. The van der Waals surface area contributed by atoms with Crippen molar-refractivity contribution in [2.75, 3.05) is 4.90 Å². The molecule has 3 rings (SSSR count). The molecule has 8 nitrogen and oxygen atoms in total. The normalized spacial score (nSPS) is 19.6. The Balaban J connectivity index is 2.28. The van der Waals surface area contributed by atoms with Crippen molar-refractivity contribution in [1.29, 1.82) is 0 Å². The van der Waals surface area contributed by atoms with Gasteiger partial charge in [-0.2, -0.15) is 4.99 Å². The van der Waals surface area contributed by atoms with Crippen LogP contribution in [0, 0.1) is 21.7 Å². The van der Waals surface area contributed by atoms with E-state index in [0.717, 1.165) is 30.2 Å². The summed E-state index contributed by atoms with van der Waals surface area (Å²) >= 11 is 2.79. The van der Waals surface area contributed by atoms with Crippen LogP contribution >= 0.6 is 15.9 Å². The summed E-state index contributed by atoms with van der Waals surface area (Å²) in [6.07, 6.45) is 3.31. The molecular formula is C14H15BrF2N6O2. The van der Waals surface area contributed by atoms with Gasteiger partial charge in [0.15, 0.2) is 17.3 Å². The standard InChI is InChI=1S/C14H15BrF2N6O2/c15-7-6-8(23(24)25)11(10(17)9(7)16)22-13(19)20-12(18)21-14(22)4-2-1-3-5-14/h6H,1-5H2,(H4,18,19,20,21). The van der Waals surface area contributed by atoms with Crippen LogP contribution in [-0.4, -0.2) is 22.5 Å². The number of benzene rings is 1.